The summed E-state index contributed by atoms with van der Waals surface area (Å²) in [6.07, 6.45) is 0. The van der Waals surface area contributed by atoms with Gasteiger partial charge in [0, 0.05) is 26.7 Å². The molecule has 0 aliphatic heterocycles. The maximum Gasteiger partial charge on any atom is 0.304 e. The second kappa shape index (κ2) is 11.4. The molecule has 0 saturated heterocycles. The fourth-order valence-corrected chi connectivity index (χ4v) is 4.38. The van der Waals surface area contributed by atoms with Crippen LogP contribution in [0.15, 0.2) is 48.5 Å². The summed E-state index contributed by atoms with van der Waals surface area (Å²) in [6, 6.07) is 11.4. The van der Waals surface area contributed by atoms with E-state index in [1.165, 1.54) is 31.1 Å². The molecule has 0 aliphatic rings. The van der Waals surface area contributed by atoms with Gasteiger partial charge in [-0.15, -0.1) is 0 Å². The molecule has 0 fully saturated rings. The zero-order valence-electron chi connectivity index (χ0n) is 20.4. The van der Waals surface area contributed by atoms with Gasteiger partial charge in [0.2, 0.25) is 11.8 Å². The minimum Gasteiger partial charge on any atom is -0.352 e. The Bertz CT molecular complexity index is 1100. The number of nitrogens with zero attached hydrogens (tertiary/aromatic N) is 3. The summed E-state index contributed by atoms with van der Waals surface area (Å²) in [5.74, 6) is -1.44. The molecule has 2 aromatic rings. The SMILES string of the molecule is Cc1cccc(CN(C(=O)CN(c2ccc(F)cc2)S(=O)(=O)N(C)C)[C@@H](C)C(=O)NC(C)C)c1. The highest BCUT2D eigenvalue weighted by Crippen LogP contribution is 2.21. The summed E-state index contributed by atoms with van der Waals surface area (Å²) in [4.78, 5) is 27.7. The Morgan fingerprint density at radius 2 is 1.65 bits per heavy atom. The molecule has 0 spiro atoms. The van der Waals surface area contributed by atoms with Crippen LogP contribution in [0.5, 0.6) is 0 Å². The van der Waals surface area contributed by atoms with Crippen LogP contribution < -0.4 is 9.62 Å². The van der Waals surface area contributed by atoms with Gasteiger partial charge in [-0.2, -0.15) is 12.7 Å². The molecule has 34 heavy (non-hydrogen) atoms. The van der Waals surface area contributed by atoms with Crippen molar-refractivity contribution in [3.8, 4) is 0 Å². The summed E-state index contributed by atoms with van der Waals surface area (Å²) in [7, 11) is -1.39. The first-order chi connectivity index (χ1) is 15.8. The Kier molecular flexibility index (Phi) is 9.17. The van der Waals surface area contributed by atoms with E-state index in [0.717, 1.165) is 31.9 Å². The number of nitrogens with one attached hydrogen (secondary N) is 1. The van der Waals surface area contributed by atoms with Gasteiger partial charge in [-0.1, -0.05) is 29.8 Å². The average Bonchev–Trinajstić information content (AvgIpc) is 2.75. The number of aryl methyl sites for hydroxylation is 1. The Hall–Kier alpha value is -2.98. The lowest BCUT2D eigenvalue weighted by atomic mass is 10.1. The molecule has 0 radical (unpaired) electrons. The van der Waals surface area contributed by atoms with Crippen LogP contribution in [-0.4, -0.2) is 62.2 Å². The van der Waals surface area contributed by atoms with Crippen molar-refractivity contribution >= 4 is 27.7 Å². The number of rotatable bonds is 10. The molecule has 8 nitrogen and oxygen atoms in total. The minimum atomic E-state index is -4.08. The number of carbonyl (C=O) groups is 2. The summed E-state index contributed by atoms with van der Waals surface area (Å²) in [5, 5.41) is 2.80. The van der Waals surface area contributed by atoms with Crippen molar-refractivity contribution in [2.45, 2.75) is 46.3 Å². The highest BCUT2D eigenvalue weighted by atomic mass is 32.2. The zero-order valence-corrected chi connectivity index (χ0v) is 21.3. The van der Waals surface area contributed by atoms with E-state index in [0.29, 0.717) is 0 Å². The van der Waals surface area contributed by atoms with Crippen molar-refractivity contribution in [2.75, 3.05) is 24.9 Å². The van der Waals surface area contributed by atoms with Crippen LogP contribution in [0.1, 0.15) is 31.9 Å². The van der Waals surface area contributed by atoms with E-state index in [1.54, 1.807) is 6.92 Å². The molecule has 2 rings (SSSR count). The maximum absolute atomic E-state index is 13.5. The number of benzene rings is 2. The topological polar surface area (TPSA) is 90.0 Å². The number of carbonyl (C=O) groups excluding carboxylic acids is 2. The van der Waals surface area contributed by atoms with E-state index in [4.69, 9.17) is 0 Å². The monoisotopic (exact) mass is 492 g/mol. The normalized spacial score (nSPS) is 12.5. The van der Waals surface area contributed by atoms with Gasteiger partial charge >= 0.3 is 10.2 Å². The largest absolute Gasteiger partial charge is 0.352 e. The fourth-order valence-electron chi connectivity index (χ4n) is 3.32. The number of amides is 2. The predicted octanol–water partition coefficient (Wildman–Crippen LogP) is 2.69. The third kappa shape index (κ3) is 7.01. The van der Waals surface area contributed by atoms with Crippen molar-refractivity contribution in [2.24, 2.45) is 0 Å². The van der Waals surface area contributed by atoms with Gasteiger partial charge in [0.1, 0.15) is 18.4 Å². The van der Waals surface area contributed by atoms with Gasteiger partial charge in [-0.3, -0.25) is 9.59 Å². The van der Waals surface area contributed by atoms with Crippen LogP contribution in [0.25, 0.3) is 0 Å². The lowest BCUT2D eigenvalue weighted by Crippen LogP contribution is -2.53. The maximum atomic E-state index is 13.5. The van der Waals surface area contributed by atoms with Crippen LogP contribution in [0.4, 0.5) is 10.1 Å². The molecule has 0 unspecified atom stereocenters. The van der Waals surface area contributed by atoms with Crippen LogP contribution in [0.2, 0.25) is 0 Å². The number of hydrogen-bond acceptors (Lipinski definition) is 4. The van der Waals surface area contributed by atoms with Crippen LogP contribution in [0.3, 0.4) is 0 Å². The van der Waals surface area contributed by atoms with Crippen molar-refractivity contribution in [1.82, 2.24) is 14.5 Å². The van der Waals surface area contributed by atoms with E-state index in [9.17, 15) is 22.4 Å². The standard InChI is InChI=1S/C24H33FN4O4S/c1-17(2)26-24(31)19(4)28(15-20-9-7-8-18(3)14-20)23(30)16-29(34(32,33)27(5)6)22-12-10-21(25)11-13-22/h7-14,17,19H,15-16H2,1-6H3,(H,26,31)/t19-/m0/s1. The van der Waals surface area contributed by atoms with Crippen LogP contribution in [-0.2, 0) is 26.3 Å². The van der Waals surface area contributed by atoms with Gasteiger partial charge in [0.05, 0.1) is 5.69 Å². The molecule has 0 bridgehead atoms. The lowest BCUT2D eigenvalue weighted by Gasteiger charge is -2.33. The van der Waals surface area contributed by atoms with E-state index in [1.807, 2.05) is 45.0 Å². The predicted molar refractivity (Wildman–Crippen MR) is 131 cm³/mol. The molecule has 2 aromatic carbocycles. The zero-order chi connectivity index (χ0) is 25.6. The second-order valence-electron chi connectivity index (χ2n) is 8.62. The van der Waals surface area contributed by atoms with Gasteiger partial charge in [0.25, 0.3) is 0 Å². The summed E-state index contributed by atoms with van der Waals surface area (Å²) in [6.45, 7) is 6.72. The molecule has 0 saturated carbocycles. The molecule has 0 aliphatic carbocycles. The molecule has 1 N–H and O–H groups in total. The van der Waals surface area contributed by atoms with E-state index in [-0.39, 0.29) is 24.2 Å². The van der Waals surface area contributed by atoms with Crippen molar-refractivity contribution in [3.63, 3.8) is 0 Å². The minimum absolute atomic E-state index is 0.118. The molecule has 0 aromatic heterocycles. The van der Waals surface area contributed by atoms with E-state index >= 15 is 0 Å². The second-order valence-corrected chi connectivity index (χ2v) is 10.7. The first kappa shape index (κ1) is 27.3. The molecule has 186 valence electrons. The Labute approximate surface area is 201 Å². The first-order valence-corrected chi connectivity index (χ1v) is 12.3. The number of halogens is 1. The van der Waals surface area contributed by atoms with Crippen LogP contribution >= 0.6 is 0 Å². The summed E-state index contributed by atoms with van der Waals surface area (Å²) < 4.78 is 41.4. The molecular formula is C24H33FN4O4S. The molecular weight excluding hydrogens is 459 g/mol. The summed E-state index contributed by atoms with van der Waals surface area (Å²) in [5.41, 5.74) is 1.94. The van der Waals surface area contributed by atoms with E-state index in [2.05, 4.69) is 5.32 Å². The molecule has 1 atom stereocenters. The molecule has 2 amide bonds. The quantitative estimate of drug-likeness (QED) is 0.552. The van der Waals surface area contributed by atoms with Crippen molar-refractivity contribution < 1.29 is 22.4 Å². The average molecular weight is 493 g/mol. The highest BCUT2D eigenvalue weighted by molar-refractivity contribution is 7.90. The van der Waals surface area contributed by atoms with E-state index < -0.39 is 34.5 Å². The first-order valence-electron chi connectivity index (χ1n) is 10.9. The number of anilines is 1. The third-order valence-corrected chi connectivity index (χ3v) is 6.99. The molecule has 0 heterocycles. The Balaban J connectivity index is 2.45. The van der Waals surface area contributed by atoms with Crippen molar-refractivity contribution in [1.29, 1.82) is 0 Å². The lowest BCUT2D eigenvalue weighted by molar-refractivity contribution is -0.139. The van der Waals surface area contributed by atoms with Gasteiger partial charge < -0.3 is 10.2 Å². The smallest absolute Gasteiger partial charge is 0.304 e. The number of hydrogen-bond donors (Lipinski definition) is 1. The third-order valence-electron chi connectivity index (χ3n) is 5.17. The van der Waals surface area contributed by atoms with Gasteiger partial charge in [0.15, 0.2) is 0 Å². The van der Waals surface area contributed by atoms with Crippen LogP contribution in [0, 0.1) is 12.7 Å². The Morgan fingerprint density at radius 1 is 1.03 bits per heavy atom. The fraction of sp³-hybridized carbons (Fsp3) is 0.417. The Morgan fingerprint density at radius 3 is 2.18 bits per heavy atom. The summed E-state index contributed by atoms with van der Waals surface area (Å²) >= 11 is 0. The van der Waals surface area contributed by atoms with Gasteiger partial charge in [-0.05, 0) is 57.5 Å². The van der Waals surface area contributed by atoms with Gasteiger partial charge in [-0.25, -0.2) is 8.70 Å². The molecule has 10 heteroatoms. The highest BCUT2D eigenvalue weighted by Gasteiger charge is 2.32. The van der Waals surface area contributed by atoms with Crippen molar-refractivity contribution in [3.05, 3.63) is 65.5 Å².